The molecule has 1 aliphatic rings. The number of hydrogen-bond acceptors (Lipinski definition) is 2. The van der Waals surface area contributed by atoms with Gasteiger partial charge in [0.1, 0.15) is 0 Å². The fourth-order valence-electron chi connectivity index (χ4n) is 0.636. The highest BCUT2D eigenvalue weighted by molar-refractivity contribution is 5.85. The molecule has 2 N–H and O–H groups in total. The lowest BCUT2D eigenvalue weighted by atomic mass is 10.4. The first-order chi connectivity index (χ1) is 4.20. The van der Waals surface area contributed by atoms with Gasteiger partial charge in [0.25, 0.3) is 0 Å². The number of rotatable bonds is 0. The average Bonchev–Trinajstić information content (AvgIpc) is 1.80. The van der Waals surface area contributed by atoms with Gasteiger partial charge in [-0.05, 0) is 0 Å². The molecule has 3 atom stereocenters. The Morgan fingerprint density at radius 2 is 1.70 bits per heavy atom. The summed E-state index contributed by atoms with van der Waals surface area (Å²) >= 11 is 0. The molecule has 0 saturated carbocycles. The molecule has 0 bridgehead atoms. The molecule has 62 valence electrons. The number of hydrogen-bond donors (Lipinski definition) is 2. The lowest BCUT2D eigenvalue weighted by Crippen LogP contribution is -2.55. The van der Waals surface area contributed by atoms with E-state index in [1.54, 1.807) is 5.32 Å². The molecule has 0 aromatic rings. The van der Waals surface area contributed by atoms with E-state index in [9.17, 15) is 13.2 Å². The second-order valence-electron chi connectivity index (χ2n) is 1.85. The lowest BCUT2D eigenvalue weighted by molar-refractivity contribution is 0.0294. The summed E-state index contributed by atoms with van der Waals surface area (Å²) in [5.74, 6) is 0. The molecule has 1 fully saturated rings. The van der Waals surface area contributed by atoms with E-state index in [2.05, 4.69) is 0 Å². The van der Waals surface area contributed by atoms with Gasteiger partial charge in [0, 0.05) is 6.54 Å². The van der Waals surface area contributed by atoms with Crippen molar-refractivity contribution in [3.63, 3.8) is 0 Å². The fourth-order valence-corrected chi connectivity index (χ4v) is 0.636. The van der Waals surface area contributed by atoms with Gasteiger partial charge in [0.2, 0.25) is 0 Å². The first-order valence-electron chi connectivity index (χ1n) is 2.62. The van der Waals surface area contributed by atoms with Crippen LogP contribution in [0.1, 0.15) is 0 Å². The van der Waals surface area contributed by atoms with Crippen LogP contribution in [0.2, 0.25) is 0 Å². The number of nitrogens with one attached hydrogen (secondary N) is 2. The summed E-state index contributed by atoms with van der Waals surface area (Å²) in [6.45, 7) is -0.179. The van der Waals surface area contributed by atoms with Gasteiger partial charge >= 0.3 is 0 Å². The van der Waals surface area contributed by atoms with E-state index >= 15 is 0 Å². The Balaban J connectivity index is 0.000000810. The molecule has 6 heteroatoms. The molecule has 1 saturated heterocycles. The predicted molar refractivity (Wildman–Crippen MR) is 33.1 cm³/mol. The van der Waals surface area contributed by atoms with Gasteiger partial charge in [-0.2, -0.15) is 0 Å². The smallest absolute Gasteiger partial charge is 0.198 e. The number of alkyl halides is 3. The van der Waals surface area contributed by atoms with Crippen LogP contribution in [0.4, 0.5) is 13.2 Å². The Morgan fingerprint density at radius 1 is 1.10 bits per heavy atom. The first-order valence-corrected chi connectivity index (χ1v) is 2.62. The van der Waals surface area contributed by atoms with E-state index in [0.29, 0.717) is 0 Å². The second kappa shape index (κ2) is 4.00. The molecule has 1 aliphatic heterocycles. The SMILES string of the molecule is Cl.FC1CNC(F)C(F)N1. The van der Waals surface area contributed by atoms with Crippen molar-refractivity contribution < 1.29 is 13.2 Å². The molecular formula is C4H8ClF3N2. The Bertz CT molecular complexity index is 105. The highest BCUT2D eigenvalue weighted by Gasteiger charge is 2.28. The van der Waals surface area contributed by atoms with E-state index in [1.807, 2.05) is 5.32 Å². The van der Waals surface area contributed by atoms with Gasteiger partial charge in [0.15, 0.2) is 18.9 Å². The van der Waals surface area contributed by atoms with Crippen LogP contribution in [0.3, 0.4) is 0 Å². The van der Waals surface area contributed by atoms with Crippen molar-refractivity contribution in [2.24, 2.45) is 0 Å². The molecular weight excluding hydrogens is 169 g/mol. The van der Waals surface area contributed by atoms with E-state index < -0.39 is 18.9 Å². The van der Waals surface area contributed by atoms with Gasteiger partial charge < -0.3 is 0 Å². The quantitative estimate of drug-likeness (QED) is 0.525. The van der Waals surface area contributed by atoms with Crippen molar-refractivity contribution in [1.82, 2.24) is 10.6 Å². The highest BCUT2D eigenvalue weighted by Crippen LogP contribution is 2.04. The maximum Gasteiger partial charge on any atom is 0.198 e. The minimum Gasteiger partial charge on any atom is -0.280 e. The first kappa shape index (κ1) is 10.0. The zero-order valence-electron chi connectivity index (χ0n) is 4.98. The monoisotopic (exact) mass is 176 g/mol. The Morgan fingerprint density at radius 3 is 2.10 bits per heavy atom. The molecule has 0 aromatic heterocycles. The molecule has 0 aromatic carbocycles. The van der Waals surface area contributed by atoms with Gasteiger partial charge in [0.05, 0.1) is 0 Å². The van der Waals surface area contributed by atoms with Crippen LogP contribution >= 0.6 is 12.4 Å². The van der Waals surface area contributed by atoms with Crippen LogP contribution in [-0.2, 0) is 0 Å². The van der Waals surface area contributed by atoms with Crippen LogP contribution in [0, 0.1) is 0 Å². The Hall–Kier alpha value is -0.0000000000000000486. The third-order valence-corrected chi connectivity index (χ3v) is 1.09. The minimum absolute atomic E-state index is 0. The molecule has 0 aliphatic carbocycles. The Labute approximate surface area is 62.6 Å². The largest absolute Gasteiger partial charge is 0.280 e. The highest BCUT2D eigenvalue weighted by atomic mass is 35.5. The van der Waals surface area contributed by atoms with Crippen molar-refractivity contribution in [3.05, 3.63) is 0 Å². The van der Waals surface area contributed by atoms with E-state index in [4.69, 9.17) is 0 Å². The standard InChI is InChI=1S/C4H7F3N2.ClH/c5-2-1-8-3(6)4(7)9-2;/h2-4,8-9H,1H2;1H. The lowest BCUT2D eigenvalue weighted by Gasteiger charge is -2.24. The number of piperazine rings is 1. The van der Waals surface area contributed by atoms with Crippen molar-refractivity contribution >= 4 is 12.4 Å². The number of halogens is 4. The fraction of sp³-hybridized carbons (Fsp3) is 1.00. The van der Waals surface area contributed by atoms with Gasteiger partial charge in [-0.15, -0.1) is 12.4 Å². The van der Waals surface area contributed by atoms with Crippen molar-refractivity contribution in [1.29, 1.82) is 0 Å². The summed E-state index contributed by atoms with van der Waals surface area (Å²) in [7, 11) is 0. The molecule has 2 nitrogen and oxygen atoms in total. The second-order valence-corrected chi connectivity index (χ2v) is 1.85. The van der Waals surface area contributed by atoms with Crippen molar-refractivity contribution in [2.75, 3.05) is 6.54 Å². The van der Waals surface area contributed by atoms with E-state index in [0.717, 1.165) is 0 Å². The normalized spacial score (nSPS) is 40.5. The average molecular weight is 177 g/mol. The van der Waals surface area contributed by atoms with Gasteiger partial charge in [-0.1, -0.05) is 0 Å². The summed E-state index contributed by atoms with van der Waals surface area (Å²) in [6.07, 6.45) is -5.18. The van der Waals surface area contributed by atoms with E-state index in [-0.39, 0.29) is 19.0 Å². The molecule has 10 heavy (non-hydrogen) atoms. The van der Waals surface area contributed by atoms with Crippen LogP contribution in [-0.4, -0.2) is 25.4 Å². The van der Waals surface area contributed by atoms with Gasteiger partial charge in [-0.25, -0.2) is 13.2 Å². The molecule has 3 unspecified atom stereocenters. The topological polar surface area (TPSA) is 24.1 Å². The van der Waals surface area contributed by atoms with Crippen molar-refractivity contribution in [2.45, 2.75) is 18.9 Å². The maximum absolute atomic E-state index is 12.0. The minimum atomic E-state index is -1.92. The molecule has 0 spiro atoms. The zero-order chi connectivity index (χ0) is 6.85. The maximum atomic E-state index is 12.0. The van der Waals surface area contributed by atoms with Crippen LogP contribution in [0.5, 0.6) is 0 Å². The third kappa shape index (κ3) is 2.32. The zero-order valence-corrected chi connectivity index (χ0v) is 5.80. The molecule has 0 radical (unpaired) electrons. The summed E-state index contributed by atoms with van der Waals surface area (Å²) in [5, 5.41) is 3.76. The van der Waals surface area contributed by atoms with E-state index in [1.165, 1.54) is 0 Å². The van der Waals surface area contributed by atoms with Crippen LogP contribution < -0.4 is 10.6 Å². The summed E-state index contributed by atoms with van der Waals surface area (Å²) in [4.78, 5) is 0. The summed E-state index contributed by atoms with van der Waals surface area (Å²) < 4.78 is 36.1. The van der Waals surface area contributed by atoms with Crippen LogP contribution in [0.15, 0.2) is 0 Å². The predicted octanol–water partition coefficient (Wildman–Crippen LogP) is 0.488. The third-order valence-electron chi connectivity index (χ3n) is 1.09. The van der Waals surface area contributed by atoms with Crippen LogP contribution in [0.25, 0.3) is 0 Å². The molecule has 0 amide bonds. The summed E-state index contributed by atoms with van der Waals surface area (Å²) in [5.41, 5.74) is 0. The van der Waals surface area contributed by atoms with Gasteiger partial charge in [-0.3, -0.25) is 10.6 Å². The Kier molecular flexibility index (Phi) is 4.00. The van der Waals surface area contributed by atoms with Crippen molar-refractivity contribution in [3.8, 4) is 0 Å². The summed E-state index contributed by atoms with van der Waals surface area (Å²) in [6, 6.07) is 0. The molecule has 1 rings (SSSR count). The molecule has 1 heterocycles.